The molecule has 0 fully saturated rings. The Hall–Kier alpha value is -0.890. The standard InChI is InChI=1S/C11H11BrF5NO/c1-2-19-8-4-3-6(5-7(8)12)9(18)10(13,14)11(15,16)17/h3-5,9H,2,18H2,1H3. The first-order valence-electron chi connectivity index (χ1n) is 5.23. The molecule has 0 spiro atoms. The third kappa shape index (κ3) is 3.36. The van der Waals surface area contributed by atoms with Crippen LogP contribution in [-0.2, 0) is 0 Å². The first kappa shape index (κ1) is 16.2. The predicted octanol–water partition coefficient (Wildman–Crippen LogP) is 4.05. The summed E-state index contributed by atoms with van der Waals surface area (Å²) in [5.74, 6) is -4.66. The van der Waals surface area contributed by atoms with Crippen LogP contribution in [0.1, 0.15) is 18.5 Å². The van der Waals surface area contributed by atoms with Crippen LogP contribution in [0.4, 0.5) is 22.0 Å². The molecule has 2 N–H and O–H groups in total. The van der Waals surface area contributed by atoms with Crippen molar-refractivity contribution in [2.75, 3.05) is 6.61 Å². The molecule has 0 saturated carbocycles. The van der Waals surface area contributed by atoms with E-state index in [9.17, 15) is 22.0 Å². The zero-order chi connectivity index (χ0) is 14.8. The molecule has 1 atom stereocenters. The van der Waals surface area contributed by atoms with E-state index in [1.165, 1.54) is 6.07 Å². The molecule has 19 heavy (non-hydrogen) atoms. The van der Waals surface area contributed by atoms with Crippen molar-refractivity contribution in [2.24, 2.45) is 5.73 Å². The van der Waals surface area contributed by atoms with Gasteiger partial charge >= 0.3 is 12.1 Å². The Morgan fingerprint density at radius 1 is 1.26 bits per heavy atom. The largest absolute Gasteiger partial charge is 0.493 e. The molecular formula is C11H11BrF5NO. The number of nitrogens with two attached hydrogens (primary N) is 1. The van der Waals surface area contributed by atoms with Crippen LogP contribution in [-0.4, -0.2) is 18.7 Å². The fourth-order valence-electron chi connectivity index (χ4n) is 1.37. The van der Waals surface area contributed by atoms with Crippen molar-refractivity contribution < 1.29 is 26.7 Å². The average molecular weight is 348 g/mol. The van der Waals surface area contributed by atoms with E-state index in [2.05, 4.69) is 15.9 Å². The molecule has 1 rings (SSSR count). The van der Waals surface area contributed by atoms with Crippen molar-refractivity contribution in [1.29, 1.82) is 0 Å². The second-order valence-corrected chi connectivity index (χ2v) is 4.58. The minimum absolute atomic E-state index is 0.264. The molecule has 1 aromatic carbocycles. The number of benzene rings is 1. The molecule has 2 nitrogen and oxygen atoms in total. The van der Waals surface area contributed by atoms with Gasteiger partial charge in [-0.15, -0.1) is 0 Å². The summed E-state index contributed by atoms with van der Waals surface area (Å²) in [6, 6.07) is 0.990. The van der Waals surface area contributed by atoms with Crippen molar-refractivity contribution in [3.05, 3.63) is 28.2 Å². The molecule has 0 aliphatic rings. The fraction of sp³-hybridized carbons (Fsp3) is 0.455. The van der Waals surface area contributed by atoms with Gasteiger partial charge in [-0.2, -0.15) is 22.0 Å². The maximum Gasteiger partial charge on any atom is 0.455 e. The summed E-state index contributed by atoms with van der Waals surface area (Å²) in [4.78, 5) is 0. The average Bonchev–Trinajstić information content (AvgIpc) is 2.29. The highest BCUT2D eigenvalue weighted by Gasteiger charge is 2.61. The van der Waals surface area contributed by atoms with Crippen molar-refractivity contribution in [3.8, 4) is 5.75 Å². The molecule has 0 aliphatic heterocycles. The number of hydrogen-bond donors (Lipinski definition) is 1. The number of hydrogen-bond acceptors (Lipinski definition) is 2. The Labute approximate surface area is 114 Å². The van der Waals surface area contributed by atoms with Gasteiger partial charge in [0, 0.05) is 0 Å². The van der Waals surface area contributed by atoms with Gasteiger partial charge in [0.25, 0.3) is 0 Å². The molecule has 0 saturated heterocycles. The van der Waals surface area contributed by atoms with Crippen LogP contribution in [0, 0.1) is 0 Å². The lowest BCUT2D eigenvalue weighted by molar-refractivity contribution is -0.291. The second kappa shape index (κ2) is 5.62. The molecule has 0 aromatic heterocycles. The normalized spacial score (nSPS) is 14.3. The first-order chi connectivity index (χ1) is 8.61. The highest BCUT2D eigenvalue weighted by molar-refractivity contribution is 9.10. The van der Waals surface area contributed by atoms with Crippen molar-refractivity contribution in [1.82, 2.24) is 0 Å². The summed E-state index contributed by atoms with van der Waals surface area (Å²) in [6.07, 6.45) is -5.70. The van der Waals surface area contributed by atoms with Gasteiger partial charge in [-0.1, -0.05) is 6.07 Å². The van der Waals surface area contributed by atoms with Crippen LogP contribution >= 0.6 is 15.9 Å². The van der Waals surface area contributed by atoms with Gasteiger partial charge in [-0.05, 0) is 40.5 Å². The zero-order valence-corrected chi connectivity index (χ0v) is 11.4. The topological polar surface area (TPSA) is 35.2 Å². The van der Waals surface area contributed by atoms with Crippen molar-refractivity contribution in [2.45, 2.75) is 25.1 Å². The highest BCUT2D eigenvalue weighted by Crippen LogP contribution is 2.44. The van der Waals surface area contributed by atoms with E-state index in [0.29, 0.717) is 12.4 Å². The molecule has 1 aromatic rings. The van der Waals surface area contributed by atoms with Crippen molar-refractivity contribution in [3.63, 3.8) is 0 Å². The smallest absolute Gasteiger partial charge is 0.455 e. The Balaban J connectivity index is 3.07. The lowest BCUT2D eigenvalue weighted by atomic mass is 10.0. The van der Waals surface area contributed by atoms with Gasteiger partial charge in [0.2, 0.25) is 0 Å². The highest BCUT2D eigenvalue weighted by atomic mass is 79.9. The van der Waals surface area contributed by atoms with Gasteiger partial charge in [0.15, 0.2) is 0 Å². The Bertz CT molecular complexity index is 449. The second-order valence-electron chi connectivity index (χ2n) is 3.72. The number of ether oxygens (including phenoxy) is 1. The number of alkyl halides is 5. The summed E-state index contributed by atoms with van der Waals surface area (Å²) < 4.78 is 68.2. The minimum Gasteiger partial charge on any atom is -0.493 e. The van der Waals surface area contributed by atoms with E-state index >= 15 is 0 Å². The third-order valence-corrected chi connectivity index (χ3v) is 3.00. The molecule has 108 valence electrons. The first-order valence-corrected chi connectivity index (χ1v) is 6.03. The summed E-state index contributed by atoms with van der Waals surface area (Å²) in [7, 11) is 0. The number of rotatable bonds is 4. The lowest BCUT2D eigenvalue weighted by Crippen LogP contribution is -2.45. The van der Waals surface area contributed by atoms with Gasteiger partial charge in [0.05, 0.1) is 11.1 Å². The fourth-order valence-corrected chi connectivity index (χ4v) is 1.88. The van der Waals surface area contributed by atoms with E-state index < -0.39 is 18.1 Å². The monoisotopic (exact) mass is 347 g/mol. The van der Waals surface area contributed by atoms with Crippen LogP contribution < -0.4 is 10.5 Å². The van der Waals surface area contributed by atoms with E-state index in [4.69, 9.17) is 10.5 Å². The minimum atomic E-state index is -5.70. The molecule has 1 unspecified atom stereocenters. The van der Waals surface area contributed by atoms with E-state index in [0.717, 1.165) is 12.1 Å². The Morgan fingerprint density at radius 3 is 2.26 bits per heavy atom. The van der Waals surface area contributed by atoms with E-state index in [-0.39, 0.29) is 10.0 Å². The van der Waals surface area contributed by atoms with Crippen LogP contribution in [0.2, 0.25) is 0 Å². The maximum absolute atomic E-state index is 13.1. The van der Waals surface area contributed by atoms with Gasteiger partial charge < -0.3 is 10.5 Å². The van der Waals surface area contributed by atoms with Gasteiger partial charge in [-0.25, -0.2) is 0 Å². The summed E-state index contributed by atoms with van der Waals surface area (Å²) in [5.41, 5.74) is 4.68. The predicted molar refractivity (Wildman–Crippen MR) is 63.2 cm³/mol. The van der Waals surface area contributed by atoms with Crippen LogP contribution in [0.15, 0.2) is 22.7 Å². The maximum atomic E-state index is 13.1. The van der Waals surface area contributed by atoms with E-state index in [1.54, 1.807) is 6.92 Å². The Kier molecular flexibility index (Phi) is 4.78. The molecule has 0 amide bonds. The quantitative estimate of drug-likeness (QED) is 0.834. The molecule has 8 heteroatoms. The zero-order valence-electron chi connectivity index (χ0n) is 9.77. The van der Waals surface area contributed by atoms with Crippen LogP contribution in [0.3, 0.4) is 0 Å². The SMILES string of the molecule is CCOc1ccc(C(N)C(F)(F)C(F)(F)F)cc1Br. The van der Waals surface area contributed by atoms with Crippen LogP contribution in [0.25, 0.3) is 0 Å². The van der Waals surface area contributed by atoms with Crippen molar-refractivity contribution >= 4 is 15.9 Å². The summed E-state index contributed by atoms with van der Waals surface area (Å²) >= 11 is 3.03. The molecule has 0 bridgehead atoms. The van der Waals surface area contributed by atoms with E-state index in [1.807, 2.05) is 0 Å². The number of halogens is 6. The summed E-state index contributed by atoms with van der Waals surface area (Å²) in [6.45, 7) is 2.05. The lowest BCUT2D eigenvalue weighted by Gasteiger charge is -2.26. The molecule has 0 heterocycles. The summed E-state index contributed by atoms with van der Waals surface area (Å²) in [5, 5.41) is 0. The molecule has 0 radical (unpaired) electrons. The third-order valence-electron chi connectivity index (χ3n) is 2.38. The van der Waals surface area contributed by atoms with Gasteiger partial charge in [-0.3, -0.25) is 0 Å². The molecular weight excluding hydrogens is 337 g/mol. The Morgan fingerprint density at radius 2 is 1.84 bits per heavy atom. The van der Waals surface area contributed by atoms with Crippen LogP contribution in [0.5, 0.6) is 5.75 Å². The molecule has 0 aliphatic carbocycles. The van der Waals surface area contributed by atoms with Gasteiger partial charge in [0.1, 0.15) is 11.8 Å².